The second kappa shape index (κ2) is 7.67. The Morgan fingerprint density at radius 2 is 2.06 bits per heavy atom. The molecule has 1 amide bonds. The summed E-state index contributed by atoms with van der Waals surface area (Å²) in [5.74, 6) is 0.892. The molecule has 0 spiro atoms. The van der Waals surface area contributed by atoms with E-state index in [0.717, 1.165) is 52.0 Å². The average Bonchev–Trinajstić information content (AvgIpc) is 2.76. The maximum atomic E-state index is 12.2. The van der Waals surface area contributed by atoms with Gasteiger partial charge in [0.15, 0.2) is 0 Å². The molecule has 0 aliphatic carbocycles. The Bertz CT molecular complexity index is 225. The van der Waals surface area contributed by atoms with Gasteiger partial charge in [-0.05, 0) is 45.9 Å². The van der Waals surface area contributed by atoms with Crippen LogP contribution in [0.5, 0.6) is 0 Å². The molecule has 0 saturated carbocycles. The zero-order valence-corrected chi connectivity index (χ0v) is 11.5. The first-order chi connectivity index (χ1) is 8.13. The molecule has 1 atom stereocenters. The Morgan fingerprint density at radius 1 is 1.29 bits per heavy atom. The minimum absolute atomic E-state index is 0.336. The summed E-state index contributed by atoms with van der Waals surface area (Å²) in [5, 5.41) is 3.32. The number of carbonyl (C=O) groups is 1. The molecule has 1 heterocycles. The van der Waals surface area contributed by atoms with Crippen molar-refractivity contribution < 1.29 is 4.79 Å². The van der Waals surface area contributed by atoms with E-state index in [0.29, 0.717) is 11.8 Å². The van der Waals surface area contributed by atoms with E-state index < -0.39 is 0 Å². The van der Waals surface area contributed by atoms with Gasteiger partial charge in [0.05, 0.1) is 0 Å². The molecule has 17 heavy (non-hydrogen) atoms. The first-order valence-electron chi connectivity index (χ1n) is 6.76. The smallest absolute Gasteiger partial charge is 0.222 e. The van der Waals surface area contributed by atoms with Crippen LogP contribution in [0.25, 0.3) is 0 Å². The largest absolute Gasteiger partial charge is 0.341 e. The number of hydrogen-bond donors (Lipinski definition) is 1. The standard InChI is InChI=1S/C13H27N3O/c1-4-7-16(9-8-15(2)3)13(17)10-12-5-6-14-11-12/h12,14H,4-11H2,1-3H3. The van der Waals surface area contributed by atoms with Crippen LogP contribution in [0.2, 0.25) is 0 Å². The monoisotopic (exact) mass is 241 g/mol. The van der Waals surface area contributed by atoms with E-state index in [1.165, 1.54) is 0 Å². The fourth-order valence-electron chi connectivity index (χ4n) is 2.22. The van der Waals surface area contributed by atoms with Gasteiger partial charge >= 0.3 is 0 Å². The maximum Gasteiger partial charge on any atom is 0.222 e. The lowest BCUT2D eigenvalue weighted by molar-refractivity contribution is -0.132. The number of rotatable bonds is 7. The number of carbonyl (C=O) groups excluding carboxylic acids is 1. The third kappa shape index (κ3) is 5.50. The molecule has 1 aliphatic heterocycles. The molecule has 1 saturated heterocycles. The minimum atomic E-state index is 0.336. The van der Waals surface area contributed by atoms with Crippen LogP contribution in [0.4, 0.5) is 0 Å². The maximum absolute atomic E-state index is 12.2. The predicted molar refractivity (Wildman–Crippen MR) is 71.0 cm³/mol. The minimum Gasteiger partial charge on any atom is -0.341 e. The molecule has 1 rings (SSSR count). The lowest BCUT2D eigenvalue weighted by Crippen LogP contribution is -2.38. The molecule has 0 aromatic rings. The highest BCUT2D eigenvalue weighted by molar-refractivity contribution is 5.76. The van der Waals surface area contributed by atoms with E-state index in [4.69, 9.17) is 0 Å². The van der Waals surface area contributed by atoms with E-state index in [9.17, 15) is 4.79 Å². The number of hydrogen-bond acceptors (Lipinski definition) is 3. The van der Waals surface area contributed by atoms with Crippen LogP contribution < -0.4 is 5.32 Å². The van der Waals surface area contributed by atoms with Gasteiger partial charge in [-0.15, -0.1) is 0 Å². The number of likely N-dealkylation sites (N-methyl/N-ethyl adjacent to an activating group) is 1. The van der Waals surface area contributed by atoms with Crippen LogP contribution in [0.1, 0.15) is 26.2 Å². The molecule has 4 nitrogen and oxygen atoms in total. The van der Waals surface area contributed by atoms with Crippen LogP contribution in [0.3, 0.4) is 0 Å². The van der Waals surface area contributed by atoms with Crippen molar-refractivity contribution in [3.05, 3.63) is 0 Å². The van der Waals surface area contributed by atoms with E-state index in [1.807, 2.05) is 4.90 Å². The number of nitrogens with one attached hydrogen (secondary N) is 1. The van der Waals surface area contributed by atoms with Gasteiger partial charge in [0, 0.05) is 26.1 Å². The van der Waals surface area contributed by atoms with E-state index >= 15 is 0 Å². The van der Waals surface area contributed by atoms with Gasteiger partial charge in [-0.3, -0.25) is 4.79 Å². The molecule has 1 fully saturated rings. The van der Waals surface area contributed by atoms with Crippen LogP contribution in [-0.4, -0.2) is 62.5 Å². The zero-order valence-electron chi connectivity index (χ0n) is 11.5. The summed E-state index contributed by atoms with van der Waals surface area (Å²) in [4.78, 5) is 16.3. The van der Waals surface area contributed by atoms with Gasteiger partial charge in [0.25, 0.3) is 0 Å². The summed E-state index contributed by atoms with van der Waals surface area (Å²) in [6, 6.07) is 0. The molecule has 0 radical (unpaired) electrons. The molecule has 1 N–H and O–H groups in total. The average molecular weight is 241 g/mol. The van der Waals surface area contributed by atoms with Crippen molar-refractivity contribution in [3.8, 4) is 0 Å². The zero-order chi connectivity index (χ0) is 12.7. The van der Waals surface area contributed by atoms with Gasteiger partial charge in [-0.2, -0.15) is 0 Å². The highest BCUT2D eigenvalue weighted by Crippen LogP contribution is 2.14. The van der Waals surface area contributed by atoms with Crippen LogP contribution in [0.15, 0.2) is 0 Å². The molecular weight excluding hydrogens is 214 g/mol. The lowest BCUT2D eigenvalue weighted by Gasteiger charge is -2.25. The van der Waals surface area contributed by atoms with Crippen molar-refractivity contribution in [1.29, 1.82) is 0 Å². The van der Waals surface area contributed by atoms with Gasteiger partial charge in [-0.25, -0.2) is 0 Å². The summed E-state index contributed by atoms with van der Waals surface area (Å²) >= 11 is 0. The summed E-state index contributed by atoms with van der Waals surface area (Å²) in [6.07, 6.45) is 2.92. The number of nitrogens with zero attached hydrogens (tertiary/aromatic N) is 2. The highest BCUT2D eigenvalue weighted by atomic mass is 16.2. The van der Waals surface area contributed by atoms with Crippen molar-refractivity contribution in [2.24, 2.45) is 5.92 Å². The Morgan fingerprint density at radius 3 is 2.59 bits per heavy atom. The fourth-order valence-corrected chi connectivity index (χ4v) is 2.22. The molecular formula is C13H27N3O. The van der Waals surface area contributed by atoms with Gasteiger partial charge in [-0.1, -0.05) is 6.92 Å². The predicted octanol–water partition coefficient (Wildman–Crippen LogP) is 0.786. The Hall–Kier alpha value is -0.610. The molecule has 100 valence electrons. The van der Waals surface area contributed by atoms with Gasteiger partial charge < -0.3 is 15.1 Å². The Kier molecular flexibility index (Phi) is 6.52. The molecule has 1 unspecified atom stereocenters. The number of amides is 1. The molecule has 4 heteroatoms. The van der Waals surface area contributed by atoms with E-state index in [1.54, 1.807) is 0 Å². The summed E-state index contributed by atoms with van der Waals surface area (Å²) in [5.41, 5.74) is 0. The fraction of sp³-hybridized carbons (Fsp3) is 0.923. The van der Waals surface area contributed by atoms with Crippen molar-refractivity contribution in [2.45, 2.75) is 26.2 Å². The summed E-state index contributed by atoms with van der Waals surface area (Å²) in [7, 11) is 4.10. The van der Waals surface area contributed by atoms with Crippen molar-refractivity contribution >= 4 is 5.91 Å². The quantitative estimate of drug-likeness (QED) is 0.716. The second-order valence-electron chi connectivity index (χ2n) is 5.25. The molecule has 1 aliphatic rings. The van der Waals surface area contributed by atoms with Crippen LogP contribution >= 0.6 is 0 Å². The third-order valence-electron chi connectivity index (χ3n) is 3.29. The van der Waals surface area contributed by atoms with Gasteiger partial charge in [0.2, 0.25) is 5.91 Å². The summed E-state index contributed by atoms with van der Waals surface area (Å²) < 4.78 is 0. The lowest BCUT2D eigenvalue weighted by atomic mass is 10.0. The second-order valence-corrected chi connectivity index (χ2v) is 5.25. The highest BCUT2D eigenvalue weighted by Gasteiger charge is 2.21. The Balaban J connectivity index is 2.35. The topological polar surface area (TPSA) is 35.6 Å². The molecule has 0 bridgehead atoms. The normalized spacial score (nSPS) is 19.9. The van der Waals surface area contributed by atoms with Crippen molar-refractivity contribution in [3.63, 3.8) is 0 Å². The van der Waals surface area contributed by atoms with E-state index in [2.05, 4.69) is 31.2 Å². The first-order valence-corrected chi connectivity index (χ1v) is 6.76. The van der Waals surface area contributed by atoms with Crippen molar-refractivity contribution in [2.75, 3.05) is 46.8 Å². The summed E-state index contributed by atoms with van der Waals surface area (Å²) in [6.45, 7) is 6.93. The third-order valence-corrected chi connectivity index (χ3v) is 3.29. The molecule has 0 aromatic carbocycles. The van der Waals surface area contributed by atoms with Crippen LogP contribution in [0, 0.1) is 5.92 Å². The van der Waals surface area contributed by atoms with Crippen LogP contribution in [-0.2, 0) is 4.79 Å². The Labute approximate surface area is 105 Å². The first kappa shape index (κ1) is 14.5. The van der Waals surface area contributed by atoms with Gasteiger partial charge in [0.1, 0.15) is 0 Å². The van der Waals surface area contributed by atoms with E-state index in [-0.39, 0.29) is 0 Å². The SMILES string of the molecule is CCCN(CCN(C)C)C(=O)CC1CCNC1. The molecule has 0 aromatic heterocycles. The van der Waals surface area contributed by atoms with Crippen molar-refractivity contribution in [1.82, 2.24) is 15.1 Å².